The molecule has 0 aliphatic carbocycles. The molecule has 2 aliphatic heterocycles. The SMILES string of the molecule is C1=[NH+]c2ccccc2Nc2sccc21.C1=[NH+]c2ccccc2Nc2sccc21.O=C(O)c1cc2ccccc2c(Cc2c([O-])c(C(=O)O)cc3ccccc23)c1[O-]. The maximum atomic E-state index is 12.9. The number of carboxylic acids is 2. The minimum atomic E-state index is -1.35. The minimum Gasteiger partial charge on any atom is -0.872 e. The molecular weight excluding hydrogens is 757 g/mol. The zero-order valence-electron chi connectivity index (χ0n) is 29.9. The number of hydrogen-bond acceptors (Lipinski definition) is 8. The van der Waals surface area contributed by atoms with Crippen LogP contribution in [0.5, 0.6) is 11.5 Å². The molecule has 2 aliphatic rings. The highest BCUT2D eigenvalue weighted by atomic mass is 32.1. The summed E-state index contributed by atoms with van der Waals surface area (Å²) in [6.07, 6.45) is 3.90. The standard InChI is InChI=1S/C23H16O6.2C11H8N2S/c24-20-16(14-7-3-1-5-12(14)9-18(20)22(26)27)11-17-15-8-4-2-6-13(15)10-19(21(17)25)23(28)29;2*1-2-4-10-9(3-1)12-7-8-5-6-14-11(8)13-10/h1-10,24-25H,11H2,(H,26,27)(H,28,29);2*1-7,13H. The monoisotopic (exact) mass is 788 g/mol. The normalized spacial score (nSPS) is 11.8. The molecule has 57 heavy (non-hydrogen) atoms. The van der Waals surface area contributed by atoms with Crippen LogP contribution in [0.1, 0.15) is 43.0 Å². The van der Waals surface area contributed by atoms with Gasteiger partial charge in [-0.2, -0.15) is 0 Å². The molecule has 0 spiro atoms. The molecule has 2 aromatic heterocycles. The van der Waals surface area contributed by atoms with Crippen LogP contribution in [0.2, 0.25) is 0 Å². The Hall–Kier alpha value is -7.28. The summed E-state index contributed by atoms with van der Waals surface area (Å²) in [7, 11) is 0. The molecule has 0 amide bonds. The van der Waals surface area contributed by atoms with Crippen molar-refractivity contribution in [2.24, 2.45) is 0 Å². The number of rotatable bonds is 4. The third kappa shape index (κ3) is 7.55. The zero-order chi connectivity index (χ0) is 39.5. The van der Waals surface area contributed by atoms with Crippen LogP contribution in [0.15, 0.2) is 132 Å². The second-order valence-electron chi connectivity index (χ2n) is 13.0. The van der Waals surface area contributed by atoms with E-state index >= 15 is 0 Å². The molecule has 0 saturated carbocycles. The number of para-hydroxylation sites is 4. The smallest absolute Gasteiger partial charge is 0.335 e. The zero-order valence-corrected chi connectivity index (χ0v) is 31.5. The number of nitrogens with one attached hydrogen (secondary N) is 4. The predicted octanol–water partition coefficient (Wildman–Crippen LogP) is 6.40. The van der Waals surface area contributed by atoms with Crippen LogP contribution in [0, 0.1) is 0 Å². The number of aromatic carboxylic acids is 2. The van der Waals surface area contributed by atoms with E-state index in [1.165, 1.54) is 33.3 Å². The number of carboxylic acid groups (broad SMARTS) is 2. The molecule has 10 nitrogen and oxygen atoms in total. The molecule has 0 unspecified atom stereocenters. The first-order valence-electron chi connectivity index (χ1n) is 17.7. The van der Waals surface area contributed by atoms with E-state index in [-0.39, 0.29) is 28.7 Å². The van der Waals surface area contributed by atoms with Gasteiger partial charge in [0.25, 0.3) is 0 Å². The lowest BCUT2D eigenvalue weighted by Crippen LogP contribution is -2.61. The molecule has 0 fully saturated rings. The molecule has 0 radical (unpaired) electrons. The Kier molecular flexibility index (Phi) is 10.2. The van der Waals surface area contributed by atoms with Gasteiger partial charge in [0.05, 0.1) is 22.3 Å². The highest BCUT2D eigenvalue weighted by molar-refractivity contribution is 7.15. The highest BCUT2D eigenvalue weighted by Gasteiger charge is 2.18. The lowest BCUT2D eigenvalue weighted by molar-refractivity contribution is -0.346. The molecule has 6 aromatic carbocycles. The van der Waals surface area contributed by atoms with Crippen molar-refractivity contribution in [2.45, 2.75) is 6.42 Å². The van der Waals surface area contributed by atoms with Crippen molar-refractivity contribution in [3.8, 4) is 11.5 Å². The summed E-state index contributed by atoms with van der Waals surface area (Å²) >= 11 is 3.44. The summed E-state index contributed by atoms with van der Waals surface area (Å²) in [4.78, 5) is 29.7. The summed E-state index contributed by atoms with van der Waals surface area (Å²) in [5, 5.41) is 60.2. The van der Waals surface area contributed by atoms with E-state index in [4.69, 9.17) is 0 Å². The summed E-state index contributed by atoms with van der Waals surface area (Å²) in [6.45, 7) is 0. The van der Waals surface area contributed by atoms with Crippen molar-refractivity contribution >= 4 is 101 Å². The Morgan fingerprint density at radius 3 is 1.40 bits per heavy atom. The molecule has 6 N–H and O–H groups in total. The van der Waals surface area contributed by atoms with Gasteiger partial charge < -0.3 is 31.1 Å². The molecule has 12 heteroatoms. The van der Waals surface area contributed by atoms with E-state index in [1.54, 1.807) is 71.2 Å². The minimum absolute atomic E-state index is 0.158. The summed E-state index contributed by atoms with van der Waals surface area (Å²) in [6, 6.07) is 36.9. The number of thiophene rings is 2. The number of fused-ring (bicyclic) bond motifs is 6. The third-order valence-corrected chi connectivity index (χ3v) is 11.2. The van der Waals surface area contributed by atoms with Crippen molar-refractivity contribution in [3.63, 3.8) is 0 Å². The summed E-state index contributed by atoms with van der Waals surface area (Å²) < 4.78 is 0. The van der Waals surface area contributed by atoms with Crippen LogP contribution in [-0.4, -0.2) is 34.6 Å². The van der Waals surface area contributed by atoms with Gasteiger partial charge in [-0.3, -0.25) is 0 Å². The van der Waals surface area contributed by atoms with Gasteiger partial charge in [0.1, 0.15) is 21.4 Å². The Labute approximate surface area is 334 Å². The van der Waals surface area contributed by atoms with Gasteiger partial charge in [-0.15, -0.1) is 22.7 Å². The van der Waals surface area contributed by atoms with E-state index in [0.29, 0.717) is 21.5 Å². The molecule has 8 aromatic rings. The summed E-state index contributed by atoms with van der Waals surface area (Å²) in [5.41, 5.74) is 6.48. The average Bonchev–Trinajstić information content (AvgIpc) is 3.78. The first kappa shape index (κ1) is 36.7. The van der Waals surface area contributed by atoms with E-state index in [9.17, 15) is 30.0 Å². The van der Waals surface area contributed by atoms with Crippen LogP contribution < -0.4 is 30.8 Å². The van der Waals surface area contributed by atoms with Gasteiger partial charge in [0, 0.05) is 12.1 Å². The van der Waals surface area contributed by atoms with Gasteiger partial charge >= 0.3 is 11.9 Å². The van der Waals surface area contributed by atoms with Crippen LogP contribution in [0.25, 0.3) is 21.5 Å². The first-order valence-corrected chi connectivity index (χ1v) is 19.5. The van der Waals surface area contributed by atoms with E-state index in [2.05, 4.69) is 67.8 Å². The quantitative estimate of drug-likeness (QED) is 0.119. The van der Waals surface area contributed by atoms with Gasteiger partial charge in [-0.05, 0) is 86.3 Å². The van der Waals surface area contributed by atoms with Gasteiger partial charge in [0.2, 0.25) is 11.4 Å². The van der Waals surface area contributed by atoms with E-state index in [0.717, 1.165) is 22.7 Å². The topological polar surface area (TPSA) is 173 Å². The van der Waals surface area contributed by atoms with Crippen LogP contribution >= 0.6 is 22.7 Å². The fraction of sp³-hybridized carbons (Fsp3) is 0.0222. The Morgan fingerprint density at radius 1 is 0.561 bits per heavy atom. The van der Waals surface area contributed by atoms with Crippen LogP contribution in [0.4, 0.5) is 32.8 Å². The van der Waals surface area contributed by atoms with Crippen LogP contribution in [-0.2, 0) is 6.42 Å². The van der Waals surface area contributed by atoms with E-state index < -0.39 is 23.4 Å². The molecule has 4 heterocycles. The fourth-order valence-electron chi connectivity index (χ4n) is 6.71. The Morgan fingerprint density at radius 2 is 0.965 bits per heavy atom. The largest absolute Gasteiger partial charge is 0.872 e. The van der Waals surface area contributed by atoms with Gasteiger partial charge in [-0.1, -0.05) is 84.3 Å². The molecule has 0 atom stereocenters. The maximum Gasteiger partial charge on any atom is 0.335 e. The second kappa shape index (κ2) is 15.8. The van der Waals surface area contributed by atoms with Crippen molar-refractivity contribution in [1.29, 1.82) is 0 Å². The van der Waals surface area contributed by atoms with Crippen molar-refractivity contribution in [2.75, 3.05) is 10.6 Å². The maximum absolute atomic E-state index is 12.9. The van der Waals surface area contributed by atoms with Gasteiger partial charge in [-0.25, -0.2) is 19.6 Å². The van der Waals surface area contributed by atoms with Crippen molar-refractivity contribution in [3.05, 3.63) is 165 Å². The third-order valence-electron chi connectivity index (χ3n) is 9.53. The number of benzene rings is 6. The highest BCUT2D eigenvalue weighted by Crippen LogP contribution is 2.37. The number of carbonyl (C=O) groups is 2. The van der Waals surface area contributed by atoms with Gasteiger partial charge in [0.15, 0.2) is 12.4 Å². The molecular formula is C45H32N4O6S2. The lowest BCUT2D eigenvalue weighted by Gasteiger charge is -2.24. The fourth-order valence-corrected chi connectivity index (χ4v) is 8.28. The van der Waals surface area contributed by atoms with Crippen LogP contribution in [0.3, 0.4) is 0 Å². The van der Waals surface area contributed by atoms with Crippen molar-refractivity contribution < 1.29 is 40.0 Å². The Bertz CT molecular complexity index is 2700. The number of anilines is 4. The molecule has 10 rings (SSSR count). The molecule has 0 saturated heterocycles. The second-order valence-corrected chi connectivity index (χ2v) is 14.9. The first-order chi connectivity index (χ1) is 27.7. The Balaban J connectivity index is 0.000000134. The average molecular weight is 789 g/mol. The van der Waals surface area contributed by atoms with E-state index in [1.807, 2.05) is 36.7 Å². The molecule has 280 valence electrons. The predicted molar refractivity (Wildman–Crippen MR) is 223 cm³/mol. The number of hydrogen-bond donors (Lipinski definition) is 6. The molecule has 0 bridgehead atoms. The lowest BCUT2D eigenvalue weighted by atomic mass is 9.90. The summed E-state index contributed by atoms with van der Waals surface area (Å²) in [5.74, 6) is -4.07. The van der Waals surface area contributed by atoms with Crippen molar-refractivity contribution in [1.82, 2.24) is 0 Å².